The Morgan fingerprint density at radius 3 is 2.11 bits per heavy atom. The third kappa shape index (κ3) is 0.718. The molecule has 1 aromatic heterocycles. The molecule has 0 aliphatic heterocycles. The normalized spacial score (nSPS) is 10.0. The van der Waals surface area contributed by atoms with Crippen LogP contribution >= 0.6 is 0 Å². The van der Waals surface area contributed by atoms with E-state index in [9.17, 15) is 0 Å². The highest BCUT2D eigenvalue weighted by Gasteiger charge is 2.03. The molecule has 0 unspecified atom stereocenters. The first-order valence-electron chi connectivity index (χ1n) is 2.67. The van der Waals surface area contributed by atoms with Crippen LogP contribution in [0.25, 0.3) is 0 Å². The number of hydrogen-bond acceptors (Lipinski definition) is 3. The summed E-state index contributed by atoms with van der Waals surface area (Å²) in [6, 6.07) is 0. The van der Waals surface area contributed by atoms with Crippen molar-refractivity contribution in [2.45, 2.75) is 6.92 Å². The van der Waals surface area contributed by atoms with Crippen molar-refractivity contribution in [1.82, 2.24) is 9.78 Å². The van der Waals surface area contributed by atoms with Crippen molar-refractivity contribution in [3.8, 4) is 0 Å². The molecular weight excluding hydrogens is 116 g/mol. The molecule has 4 heteroatoms. The van der Waals surface area contributed by atoms with Crippen molar-refractivity contribution in [1.29, 1.82) is 0 Å². The van der Waals surface area contributed by atoms with E-state index in [1.807, 2.05) is 6.92 Å². The summed E-state index contributed by atoms with van der Waals surface area (Å²) in [5.74, 6) is 0.535. The Morgan fingerprint density at radius 2 is 2.00 bits per heavy atom. The number of nitrogens with zero attached hydrogens (tertiary/aromatic N) is 2. The third-order valence-electron chi connectivity index (χ3n) is 1.31. The predicted molar refractivity (Wildman–Crippen MR) is 36.8 cm³/mol. The Hall–Kier alpha value is -1.19. The van der Waals surface area contributed by atoms with E-state index in [2.05, 4.69) is 5.10 Å². The Labute approximate surface area is 53.4 Å². The quantitative estimate of drug-likeness (QED) is 0.509. The van der Waals surface area contributed by atoms with E-state index in [1.54, 1.807) is 11.7 Å². The van der Waals surface area contributed by atoms with Crippen LogP contribution in [0.4, 0.5) is 11.5 Å². The zero-order chi connectivity index (χ0) is 7.02. The lowest BCUT2D eigenvalue weighted by atomic mass is 10.4. The third-order valence-corrected chi connectivity index (χ3v) is 1.31. The van der Waals surface area contributed by atoms with Crippen LogP contribution in [0.1, 0.15) is 5.69 Å². The number of anilines is 2. The fourth-order valence-electron chi connectivity index (χ4n) is 0.692. The van der Waals surface area contributed by atoms with Gasteiger partial charge in [0.05, 0.1) is 11.4 Å². The molecule has 0 aromatic carbocycles. The van der Waals surface area contributed by atoms with E-state index in [4.69, 9.17) is 11.5 Å². The molecule has 0 aliphatic carbocycles. The number of aryl methyl sites for hydroxylation is 2. The first-order chi connectivity index (χ1) is 4.13. The van der Waals surface area contributed by atoms with Crippen molar-refractivity contribution < 1.29 is 0 Å². The monoisotopic (exact) mass is 126 g/mol. The van der Waals surface area contributed by atoms with Gasteiger partial charge in [0, 0.05) is 7.05 Å². The van der Waals surface area contributed by atoms with Crippen LogP contribution in [0.2, 0.25) is 0 Å². The lowest BCUT2D eigenvalue weighted by molar-refractivity contribution is 0.767. The molecule has 4 N–H and O–H groups in total. The Kier molecular flexibility index (Phi) is 1.09. The van der Waals surface area contributed by atoms with Crippen LogP contribution in [0.15, 0.2) is 0 Å². The Morgan fingerprint density at radius 1 is 1.44 bits per heavy atom. The minimum atomic E-state index is 0.535. The second-order valence-corrected chi connectivity index (χ2v) is 2.01. The summed E-state index contributed by atoms with van der Waals surface area (Å²) >= 11 is 0. The highest BCUT2D eigenvalue weighted by Crippen LogP contribution is 2.15. The van der Waals surface area contributed by atoms with Crippen molar-refractivity contribution in [2.24, 2.45) is 7.05 Å². The van der Waals surface area contributed by atoms with Gasteiger partial charge in [-0.2, -0.15) is 5.10 Å². The fourth-order valence-corrected chi connectivity index (χ4v) is 0.692. The van der Waals surface area contributed by atoms with Gasteiger partial charge < -0.3 is 11.5 Å². The standard InChI is InChI=1S/C5H10N4/c1-3-4(6)5(7)9(2)8-3/h6-7H2,1-2H3. The maximum Gasteiger partial charge on any atom is 0.145 e. The van der Waals surface area contributed by atoms with Gasteiger partial charge in [-0.05, 0) is 6.92 Å². The van der Waals surface area contributed by atoms with Gasteiger partial charge in [0.2, 0.25) is 0 Å². The summed E-state index contributed by atoms with van der Waals surface area (Å²) < 4.78 is 1.56. The average Bonchev–Trinajstić information content (AvgIpc) is 1.98. The molecule has 0 saturated heterocycles. The minimum Gasteiger partial charge on any atom is -0.394 e. The van der Waals surface area contributed by atoms with Gasteiger partial charge in [-0.3, -0.25) is 4.68 Å². The van der Waals surface area contributed by atoms with E-state index in [-0.39, 0.29) is 0 Å². The summed E-state index contributed by atoms with van der Waals surface area (Å²) in [7, 11) is 1.76. The second-order valence-electron chi connectivity index (χ2n) is 2.01. The number of nitrogen functional groups attached to an aromatic ring is 2. The Balaban J connectivity index is 3.29. The highest BCUT2D eigenvalue weighted by atomic mass is 15.3. The molecule has 0 fully saturated rings. The molecule has 9 heavy (non-hydrogen) atoms. The van der Waals surface area contributed by atoms with Crippen LogP contribution < -0.4 is 11.5 Å². The topological polar surface area (TPSA) is 69.9 Å². The lowest BCUT2D eigenvalue weighted by Crippen LogP contribution is -1.98. The van der Waals surface area contributed by atoms with Gasteiger partial charge >= 0.3 is 0 Å². The predicted octanol–water partition coefficient (Wildman–Crippen LogP) is -0.107. The van der Waals surface area contributed by atoms with Crippen LogP contribution in [0.5, 0.6) is 0 Å². The first-order valence-corrected chi connectivity index (χ1v) is 2.67. The van der Waals surface area contributed by atoms with Crippen molar-refractivity contribution >= 4 is 11.5 Å². The maximum absolute atomic E-state index is 5.49. The first kappa shape index (κ1) is 5.94. The van der Waals surface area contributed by atoms with Gasteiger partial charge in [-0.25, -0.2) is 0 Å². The molecule has 0 atom stereocenters. The van der Waals surface area contributed by atoms with Crippen molar-refractivity contribution in [2.75, 3.05) is 11.5 Å². The van der Waals surface area contributed by atoms with Crippen LogP contribution in [-0.4, -0.2) is 9.78 Å². The number of nitrogens with two attached hydrogens (primary N) is 2. The smallest absolute Gasteiger partial charge is 0.145 e. The summed E-state index contributed by atoms with van der Waals surface area (Å²) in [6.07, 6.45) is 0. The molecule has 1 heterocycles. The molecule has 1 aromatic rings. The maximum atomic E-state index is 5.49. The zero-order valence-electron chi connectivity index (χ0n) is 5.55. The van der Waals surface area contributed by atoms with Crippen LogP contribution in [0, 0.1) is 6.92 Å². The molecule has 0 saturated carbocycles. The van der Waals surface area contributed by atoms with Crippen molar-refractivity contribution in [3.05, 3.63) is 5.69 Å². The van der Waals surface area contributed by atoms with Gasteiger partial charge in [0.15, 0.2) is 0 Å². The van der Waals surface area contributed by atoms with E-state index in [0.29, 0.717) is 11.5 Å². The van der Waals surface area contributed by atoms with E-state index in [1.165, 1.54) is 0 Å². The average molecular weight is 126 g/mol. The number of rotatable bonds is 0. The summed E-state index contributed by atoms with van der Waals surface area (Å²) in [5, 5.41) is 3.98. The van der Waals surface area contributed by atoms with Crippen LogP contribution in [-0.2, 0) is 7.05 Å². The second kappa shape index (κ2) is 1.65. The minimum absolute atomic E-state index is 0.535. The number of aromatic nitrogens is 2. The Bertz CT molecular complexity index is 203. The SMILES string of the molecule is Cc1nn(C)c(N)c1N. The molecule has 50 valence electrons. The molecule has 0 bridgehead atoms. The molecule has 0 radical (unpaired) electrons. The molecule has 0 aliphatic rings. The van der Waals surface area contributed by atoms with E-state index in [0.717, 1.165) is 5.69 Å². The van der Waals surface area contributed by atoms with E-state index < -0.39 is 0 Å². The van der Waals surface area contributed by atoms with Gasteiger partial charge in [-0.1, -0.05) is 0 Å². The van der Waals surface area contributed by atoms with E-state index >= 15 is 0 Å². The molecule has 1 rings (SSSR count). The van der Waals surface area contributed by atoms with Crippen molar-refractivity contribution in [3.63, 3.8) is 0 Å². The molecule has 4 nitrogen and oxygen atoms in total. The van der Waals surface area contributed by atoms with Gasteiger partial charge in [0.1, 0.15) is 5.82 Å². The fraction of sp³-hybridized carbons (Fsp3) is 0.400. The summed E-state index contributed by atoms with van der Waals surface area (Å²) in [6.45, 7) is 1.83. The van der Waals surface area contributed by atoms with Crippen LogP contribution in [0.3, 0.4) is 0 Å². The molecular formula is C5H10N4. The molecule has 0 spiro atoms. The van der Waals surface area contributed by atoms with Gasteiger partial charge in [-0.15, -0.1) is 0 Å². The largest absolute Gasteiger partial charge is 0.394 e. The highest BCUT2D eigenvalue weighted by molar-refractivity contribution is 5.61. The van der Waals surface area contributed by atoms with Gasteiger partial charge in [0.25, 0.3) is 0 Å². The molecule has 0 amide bonds. The summed E-state index contributed by atoms with van der Waals surface area (Å²) in [4.78, 5) is 0. The summed E-state index contributed by atoms with van der Waals surface area (Å²) in [5.41, 5.74) is 12.3. The zero-order valence-corrected chi connectivity index (χ0v) is 5.55. The lowest BCUT2D eigenvalue weighted by Gasteiger charge is -1.91. The number of hydrogen-bond donors (Lipinski definition) is 2.